The molecular weight excluding hydrogens is 344 g/mol. The topological polar surface area (TPSA) is 20.2 Å². The molecule has 0 radical (unpaired) electrons. The molecule has 0 heterocycles. The molecule has 27 heavy (non-hydrogen) atoms. The third-order valence-electron chi connectivity index (χ3n) is 6.24. The first kappa shape index (κ1) is 19.7. The lowest BCUT2D eigenvalue weighted by Gasteiger charge is -2.24. The van der Waals surface area contributed by atoms with Crippen molar-refractivity contribution in [3.8, 4) is 16.9 Å². The Hall–Kier alpha value is -2.06. The molecule has 3 rings (SSSR count). The van der Waals surface area contributed by atoms with Crippen molar-refractivity contribution in [2.24, 2.45) is 0 Å². The van der Waals surface area contributed by atoms with Gasteiger partial charge in [0.05, 0.1) is 8.07 Å². The highest BCUT2D eigenvalue weighted by molar-refractivity contribution is 6.89. The van der Waals surface area contributed by atoms with Gasteiger partial charge in [-0.3, -0.25) is 0 Å². The minimum atomic E-state index is -1.64. The van der Waals surface area contributed by atoms with Gasteiger partial charge in [0.2, 0.25) is 0 Å². The third-order valence-corrected chi connectivity index (χ3v) is 8.23. The van der Waals surface area contributed by atoms with Crippen LogP contribution in [-0.4, -0.2) is 13.2 Å². The van der Waals surface area contributed by atoms with Crippen LogP contribution in [0, 0.1) is 6.92 Å². The van der Waals surface area contributed by atoms with Crippen molar-refractivity contribution < 1.29 is 5.11 Å². The second-order valence-corrected chi connectivity index (χ2v) is 14.1. The van der Waals surface area contributed by atoms with Crippen molar-refractivity contribution in [2.75, 3.05) is 0 Å². The van der Waals surface area contributed by atoms with Crippen LogP contribution < -0.4 is 5.19 Å². The molecule has 1 N–H and O–H groups in total. The minimum Gasteiger partial charge on any atom is -0.507 e. The van der Waals surface area contributed by atoms with Gasteiger partial charge in [-0.15, -0.1) is 0 Å². The molecule has 1 aliphatic carbocycles. The zero-order valence-corrected chi connectivity index (χ0v) is 19.0. The van der Waals surface area contributed by atoms with E-state index in [1.807, 2.05) is 0 Å². The fourth-order valence-corrected chi connectivity index (χ4v) is 5.87. The molecule has 0 bridgehead atoms. The first-order chi connectivity index (χ1) is 12.5. The highest BCUT2D eigenvalue weighted by Crippen LogP contribution is 2.47. The molecule has 2 aromatic carbocycles. The van der Waals surface area contributed by atoms with Gasteiger partial charge >= 0.3 is 0 Å². The number of rotatable bonds is 3. The van der Waals surface area contributed by atoms with Crippen LogP contribution in [0.3, 0.4) is 0 Å². The van der Waals surface area contributed by atoms with Gasteiger partial charge in [-0.05, 0) is 68.1 Å². The molecule has 0 unspecified atom stereocenters. The maximum Gasteiger partial charge on any atom is 0.122 e. The van der Waals surface area contributed by atoms with Crippen molar-refractivity contribution in [3.05, 3.63) is 69.8 Å². The number of phenolic OH excluding ortho intramolecular Hbond substituents is 1. The number of aromatic hydroxyl groups is 1. The number of phenols is 1. The maximum absolute atomic E-state index is 11.2. The van der Waals surface area contributed by atoms with Crippen LogP contribution in [0.25, 0.3) is 11.1 Å². The Bertz CT molecular complexity index is 946. The highest BCUT2D eigenvalue weighted by atomic mass is 28.3. The molecule has 0 saturated carbocycles. The Morgan fingerprint density at radius 1 is 0.778 bits per heavy atom. The van der Waals surface area contributed by atoms with Gasteiger partial charge in [0.1, 0.15) is 5.75 Å². The predicted molar refractivity (Wildman–Crippen MR) is 121 cm³/mol. The molecule has 0 amide bonds. The van der Waals surface area contributed by atoms with E-state index < -0.39 is 8.07 Å². The van der Waals surface area contributed by atoms with Crippen molar-refractivity contribution in [1.29, 1.82) is 0 Å². The standard InChI is InChI=1S/C25H32OSi/c1-15-13-22(25(26)23(14-15)27(6,7)8)20-11-9-10-12-21(20)24-18(4)16(2)17(3)19(24)5/h9-14,24,26H,1-8H3. The maximum atomic E-state index is 11.2. The largest absolute Gasteiger partial charge is 0.507 e. The van der Waals surface area contributed by atoms with Gasteiger partial charge in [-0.25, -0.2) is 0 Å². The predicted octanol–water partition coefficient (Wildman–Crippen LogP) is 6.68. The average Bonchev–Trinajstić information content (AvgIpc) is 2.79. The molecule has 0 fully saturated rings. The van der Waals surface area contributed by atoms with E-state index in [1.54, 1.807) is 0 Å². The second-order valence-electron chi connectivity index (χ2n) is 9.09. The van der Waals surface area contributed by atoms with Gasteiger partial charge in [0.25, 0.3) is 0 Å². The second kappa shape index (κ2) is 6.83. The van der Waals surface area contributed by atoms with Gasteiger partial charge in [-0.1, -0.05) is 66.7 Å². The van der Waals surface area contributed by atoms with Gasteiger partial charge in [0.15, 0.2) is 0 Å². The molecule has 0 atom stereocenters. The summed E-state index contributed by atoms with van der Waals surface area (Å²) >= 11 is 0. The molecule has 0 aliphatic heterocycles. The van der Waals surface area contributed by atoms with Crippen molar-refractivity contribution >= 4 is 13.3 Å². The summed E-state index contributed by atoms with van der Waals surface area (Å²) in [6.07, 6.45) is 0. The molecule has 1 nitrogen and oxygen atoms in total. The summed E-state index contributed by atoms with van der Waals surface area (Å²) < 4.78 is 0. The first-order valence-corrected chi connectivity index (χ1v) is 13.3. The average molecular weight is 377 g/mol. The Morgan fingerprint density at radius 2 is 1.33 bits per heavy atom. The van der Waals surface area contributed by atoms with E-state index in [1.165, 1.54) is 33.4 Å². The Balaban J connectivity index is 2.28. The van der Waals surface area contributed by atoms with Crippen LogP contribution in [-0.2, 0) is 0 Å². The molecule has 2 heteroatoms. The van der Waals surface area contributed by atoms with Crippen molar-refractivity contribution in [3.63, 3.8) is 0 Å². The Morgan fingerprint density at radius 3 is 1.89 bits per heavy atom. The molecule has 142 valence electrons. The number of hydrogen-bond donors (Lipinski definition) is 1. The van der Waals surface area contributed by atoms with E-state index in [9.17, 15) is 5.11 Å². The summed E-state index contributed by atoms with van der Waals surface area (Å²) in [6, 6.07) is 12.9. The summed E-state index contributed by atoms with van der Waals surface area (Å²) in [6.45, 7) is 18.0. The normalized spacial score (nSPS) is 15.9. The summed E-state index contributed by atoms with van der Waals surface area (Å²) in [5, 5.41) is 12.4. The highest BCUT2D eigenvalue weighted by Gasteiger charge is 2.29. The van der Waals surface area contributed by atoms with E-state index in [4.69, 9.17) is 0 Å². The van der Waals surface area contributed by atoms with Crippen molar-refractivity contribution in [1.82, 2.24) is 0 Å². The van der Waals surface area contributed by atoms with Gasteiger partial charge < -0.3 is 5.11 Å². The molecule has 0 saturated heterocycles. The van der Waals surface area contributed by atoms with Crippen LogP contribution in [0.15, 0.2) is 58.7 Å². The summed E-state index contributed by atoms with van der Waals surface area (Å²) in [4.78, 5) is 0. The lowest BCUT2D eigenvalue weighted by atomic mass is 9.83. The van der Waals surface area contributed by atoms with Crippen molar-refractivity contribution in [2.45, 2.75) is 60.2 Å². The first-order valence-electron chi connectivity index (χ1n) is 9.82. The monoisotopic (exact) mass is 376 g/mol. The summed E-state index contributed by atoms with van der Waals surface area (Å²) in [7, 11) is -1.64. The molecule has 0 spiro atoms. The lowest BCUT2D eigenvalue weighted by molar-refractivity contribution is 0.481. The number of benzene rings is 2. The van der Waals surface area contributed by atoms with E-state index in [2.05, 4.69) is 90.7 Å². The zero-order chi connectivity index (χ0) is 20.1. The zero-order valence-electron chi connectivity index (χ0n) is 18.0. The fourth-order valence-electron chi connectivity index (χ4n) is 4.37. The van der Waals surface area contributed by atoms with Crippen LogP contribution >= 0.6 is 0 Å². The fraction of sp³-hybridized carbons (Fsp3) is 0.360. The minimum absolute atomic E-state index is 0.302. The smallest absolute Gasteiger partial charge is 0.122 e. The third kappa shape index (κ3) is 3.32. The Labute approximate surface area is 165 Å². The SMILES string of the molecule is CC1=C(C)C(c2ccccc2-c2cc(C)cc([Si](C)(C)C)c2O)C(C)=C1C. The quantitative estimate of drug-likeness (QED) is 0.592. The Kier molecular flexibility index (Phi) is 4.98. The van der Waals surface area contributed by atoms with Crippen LogP contribution in [0.1, 0.15) is 44.7 Å². The van der Waals surface area contributed by atoms with E-state index in [0.29, 0.717) is 11.7 Å². The number of hydrogen-bond acceptors (Lipinski definition) is 1. The van der Waals surface area contributed by atoms with E-state index in [-0.39, 0.29) is 0 Å². The molecular formula is C25H32OSi. The molecule has 2 aromatic rings. The molecule has 1 aliphatic rings. The van der Waals surface area contributed by atoms with E-state index >= 15 is 0 Å². The van der Waals surface area contributed by atoms with Crippen LogP contribution in [0.4, 0.5) is 0 Å². The number of aryl methyl sites for hydroxylation is 1. The summed E-state index contributed by atoms with van der Waals surface area (Å²) in [5.41, 5.74) is 10.3. The van der Waals surface area contributed by atoms with Gasteiger partial charge in [-0.2, -0.15) is 0 Å². The van der Waals surface area contributed by atoms with E-state index in [0.717, 1.165) is 16.3 Å². The lowest BCUT2D eigenvalue weighted by Crippen LogP contribution is -2.38. The summed E-state index contributed by atoms with van der Waals surface area (Å²) in [5.74, 6) is 0.776. The molecule has 0 aromatic heterocycles. The number of allylic oxidation sites excluding steroid dienone is 4. The van der Waals surface area contributed by atoms with Gasteiger partial charge in [0, 0.05) is 11.5 Å². The van der Waals surface area contributed by atoms with Crippen LogP contribution in [0.2, 0.25) is 19.6 Å². The van der Waals surface area contributed by atoms with Crippen LogP contribution in [0.5, 0.6) is 5.75 Å².